The Bertz CT molecular complexity index is 881. The van der Waals surface area contributed by atoms with Gasteiger partial charge in [0.05, 0.1) is 12.7 Å². The number of fused-ring (bicyclic) bond motifs is 1. The first kappa shape index (κ1) is 15.0. The molecule has 0 radical (unpaired) electrons. The summed E-state index contributed by atoms with van der Waals surface area (Å²) < 4.78 is 4.77. The van der Waals surface area contributed by atoms with Gasteiger partial charge in [-0.1, -0.05) is 54.6 Å². The summed E-state index contributed by atoms with van der Waals surface area (Å²) in [5, 5.41) is 2.12. The SMILES string of the molecule is COC(=O)c1ccccc1CC(=O)c1ccc2ccccc2c1. The zero-order valence-electron chi connectivity index (χ0n) is 12.8. The molecule has 114 valence electrons. The second kappa shape index (κ2) is 6.44. The van der Waals surface area contributed by atoms with Crippen LogP contribution in [0.4, 0.5) is 0 Å². The Morgan fingerprint density at radius 1 is 0.870 bits per heavy atom. The molecule has 3 heteroatoms. The van der Waals surface area contributed by atoms with Gasteiger partial charge in [0.15, 0.2) is 5.78 Å². The third kappa shape index (κ3) is 3.14. The highest BCUT2D eigenvalue weighted by Gasteiger charge is 2.15. The summed E-state index contributed by atoms with van der Waals surface area (Å²) in [4.78, 5) is 24.4. The van der Waals surface area contributed by atoms with E-state index in [1.807, 2.05) is 48.5 Å². The first-order chi connectivity index (χ1) is 11.2. The third-order valence-electron chi connectivity index (χ3n) is 3.85. The van der Waals surface area contributed by atoms with E-state index in [2.05, 4.69) is 0 Å². The second-order valence-electron chi connectivity index (χ2n) is 5.31. The van der Waals surface area contributed by atoms with Gasteiger partial charge in [-0.3, -0.25) is 4.79 Å². The van der Waals surface area contributed by atoms with Crippen molar-refractivity contribution >= 4 is 22.5 Å². The molecule has 23 heavy (non-hydrogen) atoms. The van der Waals surface area contributed by atoms with Gasteiger partial charge in [0.2, 0.25) is 0 Å². The highest BCUT2D eigenvalue weighted by Crippen LogP contribution is 2.18. The van der Waals surface area contributed by atoms with Gasteiger partial charge in [-0.25, -0.2) is 4.79 Å². The minimum absolute atomic E-state index is 0.0212. The van der Waals surface area contributed by atoms with Crippen LogP contribution in [0, 0.1) is 0 Å². The molecule has 0 aliphatic rings. The molecule has 3 aromatic rings. The van der Waals surface area contributed by atoms with Crippen molar-refractivity contribution in [2.24, 2.45) is 0 Å². The van der Waals surface area contributed by atoms with Crippen LogP contribution in [0.15, 0.2) is 66.7 Å². The quantitative estimate of drug-likeness (QED) is 0.539. The minimum atomic E-state index is -0.424. The van der Waals surface area contributed by atoms with Crippen molar-refractivity contribution < 1.29 is 14.3 Å². The molecule has 3 nitrogen and oxygen atoms in total. The Morgan fingerprint density at radius 3 is 2.35 bits per heavy atom. The van der Waals surface area contributed by atoms with Crippen LogP contribution in [0.3, 0.4) is 0 Å². The monoisotopic (exact) mass is 304 g/mol. The molecule has 0 heterocycles. The van der Waals surface area contributed by atoms with E-state index in [-0.39, 0.29) is 12.2 Å². The molecule has 0 saturated carbocycles. The van der Waals surface area contributed by atoms with Crippen LogP contribution >= 0.6 is 0 Å². The van der Waals surface area contributed by atoms with Crippen molar-refractivity contribution in [1.29, 1.82) is 0 Å². The molecule has 3 rings (SSSR count). The Balaban J connectivity index is 1.90. The van der Waals surface area contributed by atoms with E-state index < -0.39 is 5.97 Å². The second-order valence-corrected chi connectivity index (χ2v) is 5.31. The summed E-state index contributed by atoms with van der Waals surface area (Å²) in [6, 6.07) is 20.6. The van der Waals surface area contributed by atoms with Gasteiger partial charge in [0, 0.05) is 12.0 Å². The van der Waals surface area contributed by atoms with Gasteiger partial charge < -0.3 is 4.74 Å². The van der Waals surface area contributed by atoms with Crippen LogP contribution < -0.4 is 0 Å². The number of hydrogen-bond acceptors (Lipinski definition) is 3. The fraction of sp³-hybridized carbons (Fsp3) is 0.100. The molecule has 0 amide bonds. The first-order valence-corrected chi connectivity index (χ1v) is 7.37. The van der Waals surface area contributed by atoms with Crippen LogP contribution in [-0.4, -0.2) is 18.9 Å². The molecule has 0 fully saturated rings. The topological polar surface area (TPSA) is 43.4 Å². The standard InChI is InChI=1S/C20H16O3/c1-23-20(22)18-9-5-4-8-16(18)13-19(21)17-11-10-14-6-2-3-7-15(14)12-17/h2-12H,13H2,1H3. The molecule has 0 aliphatic carbocycles. The predicted octanol–water partition coefficient (Wildman–Crippen LogP) is 4.05. The molecular formula is C20H16O3. The fourth-order valence-corrected chi connectivity index (χ4v) is 2.62. The lowest BCUT2D eigenvalue weighted by Crippen LogP contribution is -2.10. The van der Waals surface area contributed by atoms with E-state index in [9.17, 15) is 9.59 Å². The van der Waals surface area contributed by atoms with E-state index in [0.717, 1.165) is 10.8 Å². The molecule has 0 atom stereocenters. The number of hydrogen-bond donors (Lipinski definition) is 0. The summed E-state index contributed by atoms with van der Waals surface area (Å²) in [6.45, 7) is 0. The van der Waals surface area contributed by atoms with Crippen molar-refractivity contribution in [2.75, 3.05) is 7.11 Å². The normalized spacial score (nSPS) is 10.5. The number of rotatable bonds is 4. The van der Waals surface area contributed by atoms with Crippen molar-refractivity contribution in [3.8, 4) is 0 Å². The van der Waals surface area contributed by atoms with Crippen LogP contribution in [0.25, 0.3) is 10.8 Å². The van der Waals surface area contributed by atoms with E-state index in [0.29, 0.717) is 16.7 Å². The van der Waals surface area contributed by atoms with Crippen LogP contribution in [0.2, 0.25) is 0 Å². The maximum Gasteiger partial charge on any atom is 0.338 e. The van der Waals surface area contributed by atoms with Crippen LogP contribution in [-0.2, 0) is 11.2 Å². The molecule has 0 aliphatic heterocycles. The van der Waals surface area contributed by atoms with Crippen molar-refractivity contribution in [2.45, 2.75) is 6.42 Å². The molecule has 0 aromatic heterocycles. The number of carbonyl (C=O) groups is 2. The number of ketones is 1. The highest BCUT2D eigenvalue weighted by molar-refractivity contribution is 6.02. The Hall–Kier alpha value is -2.94. The van der Waals surface area contributed by atoms with E-state index in [1.54, 1.807) is 18.2 Å². The maximum absolute atomic E-state index is 12.6. The van der Waals surface area contributed by atoms with E-state index >= 15 is 0 Å². The van der Waals surface area contributed by atoms with Crippen LogP contribution in [0.5, 0.6) is 0 Å². The van der Waals surface area contributed by atoms with Gasteiger partial charge in [-0.05, 0) is 28.5 Å². The smallest absolute Gasteiger partial charge is 0.338 e. The van der Waals surface area contributed by atoms with Gasteiger partial charge in [-0.2, -0.15) is 0 Å². The van der Waals surface area contributed by atoms with Crippen LogP contribution in [0.1, 0.15) is 26.3 Å². The van der Waals surface area contributed by atoms with E-state index in [1.165, 1.54) is 7.11 Å². The van der Waals surface area contributed by atoms with Gasteiger partial charge in [0.1, 0.15) is 0 Å². The Labute approximate surface area is 134 Å². The summed E-state index contributed by atoms with van der Waals surface area (Å²) in [5.74, 6) is -0.445. The summed E-state index contributed by atoms with van der Waals surface area (Å²) in [5.41, 5.74) is 1.75. The zero-order valence-corrected chi connectivity index (χ0v) is 12.8. The lowest BCUT2D eigenvalue weighted by Gasteiger charge is -2.08. The van der Waals surface area contributed by atoms with Crippen molar-refractivity contribution in [3.05, 3.63) is 83.4 Å². The number of carbonyl (C=O) groups excluding carboxylic acids is 2. The molecule has 0 saturated heterocycles. The third-order valence-corrected chi connectivity index (χ3v) is 3.85. The minimum Gasteiger partial charge on any atom is -0.465 e. The lowest BCUT2D eigenvalue weighted by atomic mass is 9.97. The molecule has 0 spiro atoms. The van der Waals surface area contributed by atoms with Crippen molar-refractivity contribution in [1.82, 2.24) is 0 Å². The molecule has 0 unspecified atom stereocenters. The fourth-order valence-electron chi connectivity index (χ4n) is 2.62. The summed E-state index contributed by atoms with van der Waals surface area (Å²) in [7, 11) is 1.34. The maximum atomic E-state index is 12.6. The van der Waals surface area contributed by atoms with Gasteiger partial charge >= 0.3 is 5.97 Å². The average molecular weight is 304 g/mol. The number of benzene rings is 3. The number of ether oxygens (including phenoxy) is 1. The van der Waals surface area contributed by atoms with E-state index in [4.69, 9.17) is 4.74 Å². The summed E-state index contributed by atoms with van der Waals surface area (Å²) >= 11 is 0. The zero-order chi connectivity index (χ0) is 16.2. The van der Waals surface area contributed by atoms with Gasteiger partial charge in [0.25, 0.3) is 0 Å². The molecule has 3 aromatic carbocycles. The predicted molar refractivity (Wildman–Crippen MR) is 89.8 cm³/mol. The molecule has 0 bridgehead atoms. The molecule has 0 N–H and O–H groups in total. The van der Waals surface area contributed by atoms with Crippen molar-refractivity contribution in [3.63, 3.8) is 0 Å². The Kier molecular flexibility index (Phi) is 4.20. The first-order valence-electron chi connectivity index (χ1n) is 7.37. The van der Waals surface area contributed by atoms with Gasteiger partial charge in [-0.15, -0.1) is 0 Å². The Morgan fingerprint density at radius 2 is 1.57 bits per heavy atom. The molecular weight excluding hydrogens is 288 g/mol. The number of esters is 1. The largest absolute Gasteiger partial charge is 0.465 e. The summed E-state index contributed by atoms with van der Waals surface area (Å²) in [6.07, 6.45) is 0.170. The lowest BCUT2D eigenvalue weighted by molar-refractivity contribution is 0.0599. The highest BCUT2D eigenvalue weighted by atomic mass is 16.5. The average Bonchev–Trinajstić information content (AvgIpc) is 2.61. The number of Topliss-reactive ketones (excluding diaryl/α,β-unsaturated/α-hetero) is 1. The number of methoxy groups -OCH3 is 1.